The van der Waals surface area contributed by atoms with E-state index in [0.717, 1.165) is 19.1 Å². The van der Waals surface area contributed by atoms with Gasteiger partial charge in [-0.05, 0) is 69.6 Å². The van der Waals surface area contributed by atoms with Crippen LogP contribution in [0, 0.1) is 11.8 Å². The van der Waals surface area contributed by atoms with Crippen molar-refractivity contribution < 1.29 is 4.79 Å². The first-order valence-electron chi connectivity index (χ1n) is 19.7. The molecule has 0 aliphatic carbocycles. The van der Waals surface area contributed by atoms with Gasteiger partial charge in [-0.3, -0.25) is 0 Å². The molecule has 2 unspecified atom stereocenters. The normalized spacial score (nSPS) is 13.6. The van der Waals surface area contributed by atoms with Gasteiger partial charge in [0.15, 0.2) is 0 Å². The van der Waals surface area contributed by atoms with E-state index in [-0.39, 0.29) is 0 Å². The number of rotatable bonds is 35. The Morgan fingerprint density at radius 2 is 0.814 bits per heavy atom. The molecule has 0 saturated heterocycles. The minimum atomic E-state index is 0.647. The van der Waals surface area contributed by atoms with Crippen molar-refractivity contribution in [3.8, 4) is 0 Å². The molecule has 0 aliphatic heterocycles. The maximum Gasteiger partial charge on any atom is 0.119 e. The van der Waals surface area contributed by atoms with Crippen molar-refractivity contribution in [1.29, 1.82) is 0 Å². The molecule has 0 heterocycles. The van der Waals surface area contributed by atoms with Gasteiger partial charge in [-0.2, -0.15) is 0 Å². The van der Waals surface area contributed by atoms with Crippen molar-refractivity contribution in [2.45, 2.75) is 213 Å². The Bertz CT molecular complexity index is 614. The quantitative estimate of drug-likeness (QED) is 0.0403. The fourth-order valence-electron chi connectivity index (χ4n) is 6.18. The standard InChI is InChI=1S/C42H78O/c1-4-7-10-13-15-17-19-20-22-24-27-31-36-41(35-30-25-12-9-6-3)40-42(38-33-28-29-34-39-43)37-32-26-23-21-18-16-14-11-8-5-2/h25,30-32,36-37,39,41-42H,4-24,26-29,33-35,38,40H2,1-3H3/b30-25-,36-31-,37-32-. The first-order valence-corrected chi connectivity index (χ1v) is 19.7. The van der Waals surface area contributed by atoms with E-state index < -0.39 is 0 Å². The highest BCUT2D eigenvalue weighted by Gasteiger charge is 2.12. The zero-order valence-corrected chi connectivity index (χ0v) is 29.8. The SMILES string of the molecule is CCCC/C=C\CC(/C=C\CCCCCCCCCCCC)CC(/C=C\CCCCCCCCCC)CCCCCC=O. The Hall–Kier alpha value is -1.11. The fraction of sp³-hybridized carbons (Fsp3) is 0.833. The Morgan fingerprint density at radius 1 is 0.395 bits per heavy atom. The molecule has 0 fully saturated rings. The van der Waals surface area contributed by atoms with Crippen LogP contribution < -0.4 is 0 Å². The van der Waals surface area contributed by atoms with E-state index in [1.807, 2.05) is 0 Å². The maximum atomic E-state index is 10.8. The molecule has 43 heavy (non-hydrogen) atoms. The number of hydrogen-bond acceptors (Lipinski definition) is 1. The second-order valence-corrected chi connectivity index (χ2v) is 13.5. The van der Waals surface area contributed by atoms with Gasteiger partial charge in [0, 0.05) is 6.42 Å². The average molecular weight is 599 g/mol. The predicted octanol–water partition coefficient (Wildman–Crippen LogP) is 14.8. The number of aldehydes is 1. The fourth-order valence-corrected chi connectivity index (χ4v) is 6.18. The van der Waals surface area contributed by atoms with Crippen LogP contribution in [0.2, 0.25) is 0 Å². The third-order valence-electron chi connectivity index (χ3n) is 9.10. The zero-order valence-electron chi connectivity index (χ0n) is 29.8. The number of carbonyl (C=O) groups is 1. The molecular formula is C42H78O. The molecule has 0 bridgehead atoms. The average Bonchev–Trinajstić information content (AvgIpc) is 3.01. The Balaban J connectivity index is 4.72. The number of unbranched alkanes of at least 4 members (excludes halogenated alkanes) is 23. The third kappa shape index (κ3) is 33.6. The highest BCUT2D eigenvalue weighted by Crippen LogP contribution is 2.25. The van der Waals surface area contributed by atoms with Crippen LogP contribution in [0.25, 0.3) is 0 Å². The molecule has 0 aromatic heterocycles. The highest BCUT2D eigenvalue weighted by atomic mass is 16.1. The third-order valence-corrected chi connectivity index (χ3v) is 9.10. The van der Waals surface area contributed by atoms with Crippen LogP contribution in [-0.4, -0.2) is 6.29 Å². The molecule has 0 radical (unpaired) electrons. The smallest absolute Gasteiger partial charge is 0.119 e. The molecular weight excluding hydrogens is 520 g/mol. The summed E-state index contributed by atoms with van der Waals surface area (Å²) in [6.45, 7) is 6.88. The van der Waals surface area contributed by atoms with E-state index in [0.29, 0.717) is 11.8 Å². The largest absolute Gasteiger partial charge is 0.303 e. The Kier molecular flexibility index (Phi) is 36.1. The van der Waals surface area contributed by atoms with Crippen LogP contribution in [0.5, 0.6) is 0 Å². The lowest BCUT2D eigenvalue weighted by atomic mass is 9.87. The predicted molar refractivity (Wildman–Crippen MR) is 196 cm³/mol. The summed E-state index contributed by atoms with van der Waals surface area (Å²) in [7, 11) is 0. The Morgan fingerprint density at radius 3 is 1.33 bits per heavy atom. The van der Waals surface area contributed by atoms with E-state index in [9.17, 15) is 4.79 Å². The van der Waals surface area contributed by atoms with Gasteiger partial charge in [-0.15, -0.1) is 0 Å². The van der Waals surface area contributed by atoms with Crippen molar-refractivity contribution in [3.63, 3.8) is 0 Å². The van der Waals surface area contributed by atoms with E-state index in [1.165, 1.54) is 180 Å². The van der Waals surface area contributed by atoms with Crippen molar-refractivity contribution in [3.05, 3.63) is 36.5 Å². The van der Waals surface area contributed by atoms with Crippen LogP contribution in [0.3, 0.4) is 0 Å². The van der Waals surface area contributed by atoms with Gasteiger partial charge in [0.25, 0.3) is 0 Å². The van der Waals surface area contributed by atoms with Gasteiger partial charge < -0.3 is 4.79 Å². The molecule has 252 valence electrons. The minimum Gasteiger partial charge on any atom is -0.303 e. The number of hydrogen-bond donors (Lipinski definition) is 0. The summed E-state index contributed by atoms with van der Waals surface area (Å²) in [5.41, 5.74) is 0. The topological polar surface area (TPSA) is 17.1 Å². The Labute approximate surface area is 272 Å². The van der Waals surface area contributed by atoms with E-state index in [1.54, 1.807) is 0 Å². The van der Waals surface area contributed by atoms with E-state index in [4.69, 9.17) is 0 Å². The maximum absolute atomic E-state index is 10.8. The van der Waals surface area contributed by atoms with Crippen LogP contribution in [0.15, 0.2) is 36.5 Å². The van der Waals surface area contributed by atoms with Crippen LogP contribution >= 0.6 is 0 Å². The highest BCUT2D eigenvalue weighted by molar-refractivity contribution is 5.48. The minimum absolute atomic E-state index is 0.647. The van der Waals surface area contributed by atoms with Crippen LogP contribution in [-0.2, 0) is 4.79 Å². The molecule has 0 saturated carbocycles. The molecule has 0 amide bonds. The second-order valence-electron chi connectivity index (χ2n) is 13.5. The molecule has 0 N–H and O–H groups in total. The first-order chi connectivity index (χ1) is 21.3. The van der Waals surface area contributed by atoms with Crippen LogP contribution in [0.1, 0.15) is 213 Å². The van der Waals surface area contributed by atoms with Gasteiger partial charge in [-0.1, -0.05) is 186 Å². The summed E-state index contributed by atoms with van der Waals surface area (Å²) in [6.07, 6.45) is 55.7. The summed E-state index contributed by atoms with van der Waals surface area (Å²) < 4.78 is 0. The van der Waals surface area contributed by atoms with Gasteiger partial charge in [0.05, 0.1) is 0 Å². The lowest BCUT2D eigenvalue weighted by Gasteiger charge is -2.18. The van der Waals surface area contributed by atoms with Crippen molar-refractivity contribution >= 4 is 6.29 Å². The summed E-state index contributed by atoms with van der Waals surface area (Å²) in [5, 5.41) is 0. The monoisotopic (exact) mass is 599 g/mol. The molecule has 0 rings (SSSR count). The van der Waals surface area contributed by atoms with Gasteiger partial charge in [0.2, 0.25) is 0 Å². The molecule has 0 aliphatic rings. The number of carbonyl (C=O) groups excluding carboxylic acids is 1. The van der Waals surface area contributed by atoms with E-state index >= 15 is 0 Å². The molecule has 0 spiro atoms. The molecule has 1 heteroatoms. The van der Waals surface area contributed by atoms with E-state index in [2.05, 4.69) is 57.2 Å². The lowest BCUT2D eigenvalue weighted by Crippen LogP contribution is -2.06. The second kappa shape index (κ2) is 37.1. The summed E-state index contributed by atoms with van der Waals surface area (Å²) in [6, 6.07) is 0. The first kappa shape index (κ1) is 41.9. The molecule has 1 nitrogen and oxygen atoms in total. The lowest BCUT2D eigenvalue weighted by molar-refractivity contribution is -0.107. The summed E-state index contributed by atoms with van der Waals surface area (Å²) in [4.78, 5) is 10.8. The summed E-state index contributed by atoms with van der Waals surface area (Å²) in [5.74, 6) is 1.31. The molecule has 0 aromatic carbocycles. The van der Waals surface area contributed by atoms with Gasteiger partial charge in [-0.25, -0.2) is 0 Å². The van der Waals surface area contributed by atoms with Crippen LogP contribution in [0.4, 0.5) is 0 Å². The number of allylic oxidation sites excluding steroid dienone is 6. The zero-order chi connectivity index (χ0) is 31.3. The van der Waals surface area contributed by atoms with Crippen molar-refractivity contribution in [1.82, 2.24) is 0 Å². The van der Waals surface area contributed by atoms with Gasteiger partial charge >= 0.3 is 0 Å². The summed E-state index contributed by atoms with van der Waals surface area (Å²) >= 11 is 0. The molecule has 2 atom stereocenters. The van der Waals surface area contributed by atoms with Crippen molar-refractivity contribution in [2.75, 3.05) is 0 Å². The molecule has 0 aromatic rings. The van der Waals surface area contributed by atoms with Gasteiger partial charge in [0.1, 0.15) is 6.29 Å². The van der Waals surface area contributed by atoms with Crippen molar-refractivity contribution in [2.24, 2.45) is 11.8 Å².